The summed E-state index contributed by atoms with van der Waals surface area (Å²) >= 11 is 6.44. The van der Waals surface area contributed by atoms with Crippen molar-refractivity contribution >= 4 is 39.1 Å². The van der Waals surface area contributed by atoms with Crippen LogP contribution in [0.5, 0.6) is 5.75 Å². The van der Waals surface area contributed by atoms with E-state index < -0.39 is 26.8 Å². The molecule has 5 aliphatic rings. The molecule has 2 amide bonds. The number of amides is 2. The molecule has 270 valence electrons. The van der Waals surface area contributed by atoms with Gasteiger partial charge in [0.2, 0.25) is 15.9 Å². The van der Waals surface area contributed by atoms with Gasteiger partial charge in [-0.1, -0.05) is 36.7 Å². The number of β-amino-alcohol motifs (C(OH)–C–C–N with tert-alkyl or cyclic N) is 1. The molecule has 10 nitrogen and oxygen atoms in total. The quantitative estimate of drug-likeness (QED) is 0.430. The first-order chi connectivity index (χ1) is 23.7. The third-order valence-electron chi connectivity index (χ3n) is 11.8. The Morgan fingerprint density at radius 2 is 1.94 bits per heavy atom. The molecule has 2 aromatic rings. The van der Waals surface area contributed by atoms with Crippen LogP contribution in [0.2, 0.25) is 5.02 Å². The number of hydrogen-bond acceptors (Lipinski definition) is 8. The Bertz CT molecular complexity index is 1790. The molecule has 6 atom stereocenters. The first kappa shape index (κ1) is 35.3. The summed E-state index contributed by atoms with van der Waals surface area (Å²) in [7, 11) is -3.99. The van der Waals surface area contributed by atoms with Crippen molar-refractivity contribution in [3.05, 3.63) is 70.3 Å². The third-order valence-corrected chi connectivity index (χ3v) is 14.0. The Labute approximate surface area is 300 Å². The third kappa shape index (κ3) is 6.90. The molecule has 7 rings (SSSR count). The summed E-state index contributed by atoms with van der Waals surface area (Å²) < 4.78 is 42.1. The number of aryl methyl sites for hydroxylation is 1. The fraction of sp³-hybridized carbons (Fsp3) is 0.579. The lowest BCUT2D eigenvalue weighted by Gasteiger charge is -2.46. The number of ether oxygens (including phenoxy) is 2. The van der Waals surface area contributed by atoms with E-state index in [0.717, 1.165) is 37.8 Å². The number of halogens is 1. The fourth-order valence-electron chi connectivity index (χ4n) is 8.53. The molecule has 2 aliphatic carbocycles. The van der Waals surface area contributed by atoms with Crippen molar-refractivity contribution in [1.82, 2.24) is 9.62 Å². The predicted molar refractivity (Wildman–Crippen MR) is 192 cm³/mol. The van der Waals surface area contributed by atoms with E-state index in [2.05, 4.69) is 21.8 Å². The summed E-state index contributed by atoms with van der Waals surface area (Å²) in [5.74, 6) is -0.0636. The van der Waals surface area contributed by atoms with Gasteiger partial charge in [-0.2, -0.15) is 0 Å². The number of hydrogen-bond donors (Lipinski definition) is 2. The minimum absolute atomic E-state index is 0.0904. The maximum absolute atomic E-state index is 13.5. The average molecular weight is 726 g/mol. The topological polar surface area (TPSA) is 125 Å². The number of carbonyl (C=O) groups excluding carboxylic acids is 2. The number of sulfonamides is 1. The molecular formula is C38H48ClN3O7S. The summed E-state index contributed by atoms with van der Waals surface area (Å²) in [6.07, 6.45) is 8.87. The first-order valence-electron chi connectivity index (χ1n) is 17.9. The maximum atomic E-state index is 13.5. The van der Waals surface area contributed by atoms with Gasteiger partial charge >= 0.3 is 0 Å². The van der Waals surface area contributed by atoms with E-state index >= 15 is 0 Å². The molecule has 2 aromatic carbocycles. The number of nitrogens with zero attached hydrogens (tertiary/aromatic N) is 2. The number of rotatable bonds is 3. The second kappa shape index (κ2) is 13.5. The molecule has 1 saturated heterocycles. The molecule has 50 heavy (non-hydrogen) atoms. The second-order valence-electron chi connectivity index (χ2n) is 15.6. The molecule has 2 N–H and O–H groups in total. The van der Waals surface area contributed by atoms with E-state index in [1.165, 1.54) is 11.1 Å². The van der Waals surface area contributed by atoms with Crippen molar-refractivity contribution in [2.45, 2.75) is 81.7 Å². The van der Waals surface area contributed by atoms with Crippen molar-refractivity contribution < 1.29 is 32.6 Å². The maximum Gasteiger partial charge on any atom is 0.264 e. The zero-order valence-corrected chi connectivity index (χ0v) is 30.6. The van der Waals surface area contributed by atoms with Crippen molar-refractivity contribution in [1.29, 1.82) is 0 Å². The number of carbonyl (C=O) groups is 2. The highest BCUT2D eigenvalue weighted by Gasteiger charge is 2.45. The summed E-state index contributed by atoms with van der Waals surface area (Å²) in [5, 5.41) is 10.0. The van der Waals surface area contributed by atoms with Crippen LogP contribution >= 0.6 is 11.6 Å². The van der Waals surface area contributed by atoms with E-state index in [0.29, 0.717) is 36.9 Å². The van der Waals surface area contributed by atoms with E-state index in [1.807, 2.05) is 25.1 Å². The second-order valence-corrected chi connectivity index (χ2v) is 18.1. The Morgan fingerprint density at radius 3 is 2.68 bits per heavy atom. The monoisotopic (exact) mass is 725 g/mol. The van der Waals surface area contributed by atoms with Crippen molar-refractivity contribution in [2.24, 2.45) is 17.8 Å². The molecule has 3 heterocycles. The smallest absolute Gasteiger partial charge is 0.264 e. The molecule has 1 spiro atoms. The van der Waals surface area contributed by atoms with E-state index in [-0.39, 0.29) is 60.4 Å². The van der Waals surface area contributed by atoms with Crippen LogP contribution in [0.3, 0.4) is 0 Å². The Kier molecular flexibility index (Phi) is 9.50. The van der Waals surface area contributed by atoms with Gasteiger partial charge in [-0.15, -0.1) is 0 Å². The van der Waals surface area contributed by atoms with E-state index in [4.69, 9.17) is 21.1 Å². The Hall–Kier alpha value is -3.12. The lowest BCUT2D eigenvalue weighted by molar-refractivity contribution is -0.159. The summed E-state index contributed by atoms with van der Waals surface area (Å²) in [4.78, 5) is 30.4. The number of fused-ring (bicyclic) bond motifs is 4. The molecule has 12 heteroatoms. The van der Waals surface area contributed by atoms with Crippen LogP contribution < -0.4 is 14.4 Å². The van der Waals surface area contributed by atoms with Crippen LogP contribution in [0.4, 0.5) is 5.69 Å². The van der Waals surface area contributed by atoms with Gasteiger partial charge in [-0.05, 0) is 112 Å². The largest absolute Gasteiger partial charge is 0.490 e. The van der Waals surface area contributed by atoms with Crippen LogP contribution in [0, 0.1) is 17.8 Å². The van der Waals surface area contributed by atoms with Gasteiger partial charge in [0.1, 0.15) is 12.4 Å². The summed E-state index contributed by atoms with van der Waals surface area (Å²) in [6.45, 7) is 7.48. The number of anilines is 1. The van der Waals surface area contributed by atoms with Crippen molar-refractivity contribution in [3.63, 3.8) is 0 Å². The number of benzene rings is 2. The van der Waals surface area contributed by atoms with Crippen LogP contribution in [0.15, 0.2) is 48.6 Å². The normalized spacial score (nSPS) is 32.3. The van der Waals surface area contributed by atoms with Gasteiger partial charge in [0.05, 0.1) is 42.3 Å². The van der Waals surface area contributed by atoms with Gasteiger partial charge in [0.25, 0.3) is 5.91 Å². The zero-order chi connectivity index (χ0) is 35.4. The van der Waals surface area contributed by atoms with Crippen molar-refractivity contribution in [2.75, 3.05) is 44.3 Å². The van der Waals surface area contributed by atoms with Gasteiger partial charge in [-0.25, -0.2) is 13.1 Å². The Balaban J connectivity index is 1.24. The fourth-order valence-corrected chi connectivity index (χ4v) is 10.0. The van der Waals surface area contributed by atoms with Gasteiger partial charge in [0.15, 0.2) is 0 Å². The zero-order valence-electron chi connectivity index (χ0n) is 29.1. The molecule has 1 saturated carbocycles. The standard InChI is InChI=1S/C38H48ClN3O7S/c1-24-6-4-8-33(48-19-35(43)42-20-37(3,45)21-42)30-12-9-28(30)18-41-22-38(15-5-7-26-16-29(39)11-13-31(26)38)23-49-34-14-10-27(17-32(34)41)36(44)40-50(46,47)25(24)2/h4,8,10-11,13-14,16-17,24-25,28,30,33,45H,5-7,9,12,15,18-23H2,1-3H3,(H,40,44)/b8-4+/t24-,25+,28-,30+,33-,38-/m0/s1. The van der Waals surface area contributed by atoms with E-state index in [1.54, 1.807) is 36.9 Å². The highest BCUT2D eigenvalue weighted by Crippen LogP contribution is 2.47. The molecule has 2 fully saturated rings. The molecule has 3 aliphatic heterocycles. The first-order valence-corrected chi connectivity index (χ1v) is 19.8. The van der Waals surface area contributed by atoms with E-state index in [9.17, 15) is 23.1 Å². The molecular weight excluding hydrogens is 678 g/mol. The minimum atomic E-state index is -3.99. The number of allylic oxidation sites excluding steroid dienone is 1. The highest BCUT2D eigenvalue weighted by atomic mass is 35.5. The molecule has 2 bridgehead atoms. The average Bonchev–Trinajstić information content (AvgIpc) is 3.19. The van der Waals surface area contributed by atoms with Crippen LogP contribution in [0.25, 0.3) is 0 Å². The summed E-state index contributed by atoms with van der Waals surface area (Å²) in [5.41, 5.74) is 2.32. The van der Waals surface area contributed by atoms with Gasteiger partial charge < -0.3 is 24.4 Å². The Morgan fingerprint density at radius 1 is 1.14 bits per heavy atom. The highest BCUT2D eigenvalue weighted by molar-refractivity contribution is 7.90. The van der Waals surface area contributed by atoms with Crippen LogP contribution in [0.1, 0.15) is 74.4 Å². The van der Waals surface area contributed by atoms with Gasteiger partial charge in [0, 0.05) is 29.1 Å². The molecule has 0 radical (unpaired) electrons. The lowest BCUT2D eigenvalue weighted by Crippen LogP contribution is -2.62. The molecule has 0 unspecified atom stereocenters. The predicted octanol–water partition coefficient (Wildman–Crippen LogP) is 4.86. The summed E-state index contributed by atoms with van der Waals surface area (Å²) in [6, 6.07) is 11.3. The minimum Gasteiger partial charge on any atom is -0.490 e. The number of nitrogens with one attached hydrogen (secondary N) is 1. The van der Waals surface area contributed by atoms with Crippen LogP contribution in [-0.4, -0.2) is 86.6 Å². The molecule has 0 aromatic heterocycles. The van der Waals surface area contributed by atoms with Crippen molar-refractivity contribution in [3.8, 4) is 5.75 Å². The SMILES string of the molecule is C[C@@H]1[C@@H](C)C/C=C/[C@H](OCC(=O)N2CC(C)(O)C2)[C@@H]2CC[C@H]2CN2C[C@@]3(CCCc4cc(Cl)ccc43)COc3ccc(cc32)C(=O)NS1(=O)=O. The van der Waals surface area contributed by atoms with Crippen LogP contribution in [-0.2, 0) is 31.4 Å². The lowest BCUT2D eigenvalue weighted by atomic mass is 9.68. The number of likely N-dealkylation sites (tertiary alicyclic amines) is 1. The van der Waals surface area contributed by atoms with Gasteiger partial charge in [-0.3, -0.25) is 9.59 Å². The number of aliphatic hydroxyl groups is 1.